The molecular weight excluding hydrogens is 190 g/mol. The number of morpholine rings is 1. The lowest BCUT2D eigenvalue weighted by molar-refractivity contribution is -0.145. The second-order valence-corrected chi connectivity index (χ2v) is 5.64. The first-order valence-electron chi connectivity index (χ1n) is 5.72. The average Bonchev–Trinajstić information content (AvgIpc) is 2.06. The Hall–Kier alpha value is -0.570. The van der Waals surface area contributed by atoms with Crippen LogP contribution in [0.4, 0.5) is 0 Å². The van der Waals surface area contributed by atoms with E-state index in [0.29, 0.717) is 13.0 Å². The first-order chi connectivity index (χ1) is 6.81. The predicted octanol–water partition coefficient (Wildman–Crippen LogP) is 2.06. The van der Waals surface area contributed by atoms with E-state index in [1.807, 2.05) is 11.8 Å². The summed E-state index contributed by atoms with van der Waals surface area (Å²) in [6, 6.07) is 0.202. The molecule has 1 saturated heterocycles. The van der Waals surface area contributed by atoms with Crippen LogP contribution < -0.4 is 0 Å². The Bertz CT molecular complexity index is 232. The minimum atomic E-state index is 0.0678. The van der Waals surface area contributed by atoms with E-state index in [0.717, 1.165) is 6.54 Å². The SMILES string of the molecule is CC1OCCN(C(=O)CC(C)(C)C)C1C. The second-order valence-electron chi connectivity index (χ2n) is 5.64. The predicted molar refractivity (Wildman–Crippen MR) is 60.7 cm³/mol. The van der Waals surface area contributed by atoms with Gasteiger partial charge in [0.1, 0.15) is 0 Å². The van der Waals surface area contributed by atoms with Crippen molar-refractivity contribution in [1.29, 1.82) is 0 Å². The van der Waals surface area contributed by atoms with Crippen LogP contribution in [0.25, 0.3) is 0 Å². The monoisotopic (exact) mass is 213 g/mol. The van der Waals surface area contributed by atoms with E-state index < -0.39 is 0 Å². The van der Waals surface area contributed by atoms with E-state index >= 15 is 0 Å². The van der Waals surface area contributed by atoms with Crippen molar-refractivity contribution in [1.82, 2.24) is 4.90 Å². The van der Waals surface area contributed by atoms with Crippen molar-refractivity contribution in [2.24, 2.45) is 5.41 Å². The van der Waals surface area contributed by atoms with E-state index in [1.165, 1.54) is 0 Å². The summed E-state index contributed by atoms with van der Waals surface area (Å²) >= 11 is 0. The summed E-state index contributed by atoms with van der Waals surface area (Å²) in [6.45, 7) is 11.8. The Labute approximate surface area is 92.8 Å². The Balaban J connectivity index is 2.59. The van der Waals surface area contributed by atoms with Gasteiger partial charge in [0.15, 0.2) is 0 Å². The molecule has 0 bridgehead atoms. The summed E-state index contributed by atoms with van der Waals surface area (Å²) in [6.07, 6.45) is 0.770. The van der Waals surface area contributed by atoms with Crippen molar-refractivity contribution in [2.75, 3.05) is 13.2 Å². The van der Waals surface area contributed by atoms with Crippen LogP contribution in [0.15, 0.2) is 0 Å². The summed E-state index contributed by atoms with van der Waals surface area (Å²) in [5.74, 6) is 0.255. The molecule has 1 aliphatic rings. The number of rotatable bonds is 1. The number of ether oxygens (including phenoxy) is 1. The van der Waals surface area contributed by atoms with Crippen LogP contribution in [0.2, 0.25) is 0 Å². The quantitative estimate of drug-likeness (QED) is 0.667. The fourth-order valence-corrected chi connectivity index (χ4v) is 1.84. The Morgan fingerprint density at radius 2 is 2.00 bits per heavy atom. The van der Waals surface area contributed by atoms with Crippen LogP contribution in [-0.2, 0) is 9.53 Å². The number of carbonyl (C=O) groups is 1. The Kier molecular flexibility index (Phi) is 3.77. The highest BCUT2D eigenvalue weighted by Gasteiger charge is 2.30. The number of nitrogens with zero attached hydrogens (tertiary/aromatic N) is 1. The van der Waals surface area contributed by atoms with Crippen molar-refractivity contribution in [3.63, 3.8) is 0 Å². The van der Waals surface area contributed by atoms with Crippen LogP contribution >= 0.6 is 0 Å². The molecule has 0 aromatic rings. The van der Waals surface area contributed by atoms with Gasteiger partial charge in [0.25, 0.3) is 0 Å². The van der Waals surface area contributed by atoms with Crippen molar-refractivity contribution in [2.45, 2.75) is 53.2 Å². The van der Waals surface area contributed by atoms with E-state index in [9.17, 15) is 4.79 Å². The second kappa shape index (κ2) is 4.52. The van der Waals surface area contributed by atoms with Gasteiger partial charge in [0.2, 0.25) is 5.91 Å². The van der Waals surface area contributed by atoms with E-state index in [-0.39, 0.29) is 23.5 Å². The fourth-order valence-electron chi connectivity index (χ4n) is 1.84. The molecule has 0 radical (unpaired) electrons. The van der Waals surface area contributed by atoms with Crippen molar-refractivity contribution in [3.8, 4) is 0 Å². The molecule has 0 aromatic carbocycles. The molecule has 0 saturated carbocycles. The largest absolute Gasteiger partial charge is 0.375 e. The van der Waals surface area contributed by atoms with Crippen molar-refractivity contribution >= 4 is 5.91 Å². The number of amides is 1. The Morgan fingerprint density at radius 3 is 2.53 bits per heavy atom. The Morgan fingerprint density at radius 1 is 1.40 bits per heavy atom. The van der Waals surface area contributed by atoms with E-state index in [2.05, 4.69) is 27.7 Å². The smallest absolute Gasteiger partial charge is 0.223 e. The van der Waals surface area contributed by atoms with Gasteiger partial charge in [-0.3, -0.25) is 4.79 Å². The molecule has 3 heteroatoms. The van der Waals surface area contributed by atoms with Gasteiger partial charge in [-0.2, -0.15) is 0 Å². The summed E-state index contributed by atoms with van der Waals surface area (Å²) in [4.78, 5) is 14.0. The van der Waals surface area contributed by atoms with Gasteiger partial charge in [0, 0.05) is 13.0 Å². The van der Waals surface area contributed by atoms with Gasteiger partial charge >= 0.3 is 0 Å². The number of carbonyl (C=O) groups excluding carboxylic acids is 1. The van der Waals surface area contributed by atoms with Crippen LogP contribution in [-0.4, -0.2) is 36.1 Å². The zero-order chi connectivity index (χ0) is 11.6. The fraction of sp³-hybridized carbons (Fsp3) is 0.917. The lowest BCUT2D eigenvalue weighted by atomic mass is 9.91. The standard InChI is InChI=1S/C12H23NO2/c1-9-10(2)15-7-6-13(9)11(14)8-12(3,4)5/h9-10H,6-8H2,1-5H3. The third-order valence-electron chi connectivity index (χ3n) is 2.89. The van der Waals surface area contributed by atoms with E-state index in [1.54, 1.807) is 0 Å². The van der Waals surface area contributed by atoms with Crippen LogP contribution in [0.5, 0.6) is 0 Å². The summed E-state index contributed by atoms with van der Waals surface area (Å²) in [5, 5.41) is 0. The molecule has 88 valence electrons. The summed E-state index contributed by atoms with van der Waals surface area (Å²) < 4.78 is 5.51. The van der Waals surface area contributed by atoms with Gasteiger partial charge in [-0.1, -0.05) is 20.8 Å². The molecule has 2 unspecified atom stereocenters. The highest BCUT2D eigenvalue weighted by atomic mass is 16.5. The normalized spacial score (nSPS) is 27.9. The maximum absolute atomic E-state index is 12.0. The first-order valence-corrected chi connectivity index (χ1v) is 5.72. The van der Waals surface area contributed by atoms with Gasteiger partial charge in [-0.15, -0.1) is 0 Å². The molecule has 1 heterocycles. The molecule has 0 N–H and O–H groups in total. The molecule has 3 nitrogen and oxygen atoms in total. The minimum Gasteiger partial charge on any atom is -0.375 e. The van der Waals surface area contributed by atoms with E-state index in [4.69, 9.17) is 4.74 Å². The number of hydrogen-bond acceptors (Lipinski definition) is 2. The lowest BCUT2D eigenvalue weighted by Crippen LogP contribution is -2.51. The molecule has 0 aromatic heterocycles. The third-order valence-corrected chi connectivity index (χ3v) is 2.89. The summed E-state index contributed by atoms with van der Waals surface area (Å²) in [5.41, 5.74) is 0.0678. The van der Waals surface area contributed by atoms with Crippen LogP contribution in [0, 0.1) is 5.41 Å². The third kappa shape index (κ3) is 3.49. The van der Waals surface area contributed by atoms with Crippen molar-refractivity contribution in [3.05, 3.63) is 0 Å². The lowest BCUT2D eigenvalue weighted by Gasteiger charge is -2.39. The molecule has 1 rings (SSSR count). The highest BCUT2D eigenvalue weighted by Crippen LogP contribution is 2.22. The topological polar surface area (TPSA) is 29.5 Å². The average molecular weight is 213 g/mol. The highest BCUT2D eigenvalue weighted by molar-refractivity contribution is 5.77. The molecule has 2 atom stereocenters. The maximum atomic E-state index is 12.0. The molecule has 1 aliphatic heterocycles. The minimum absolute atomic E-state index is 0.0678. The molecule has 15 heavy (non-hydrogen) atoms. The zero-order valence-electron chi connectivity index (χ0n) is 10.5. The van der Waals surface area contributed by atoms with Crippen LogP contribution in [0.1, 0.15) is 41.0 Å². The molecule has 1 fully saturated rings. The van der Waals surface area contributed by atoms with Gasteiger partial charge < -0.3 is 9.64 Å². The van der Waals surface area contributed by atoms with Crippen molar-refractivity contribution < 1.29 is 9.53 Å². The molecule has 0 aliphatic carbocycles. The molecule has 1 amide bonds. The van der Waals surface area contributed by atoms with Crippen LogP contribution in [0.3, 0.4) is 0 Å². The molecular formula is C12H23NO2. The first kappa shape index (κ1) is 12.5. The maximum Gasteiger partial charge on any atom is 0.223 e. The zero-order valence-corrected chi connectivity index (χ0v) is 10.5. The van der Waals surface area contributed by atoms with Gasteiger partial charge in [-0.05, 0) is 19.3 Å². The van der Waals surface area contributed by atoms with Gasteiger partial charge in [-0.25, -0.2) is 0 Å². The van der Waals surface area contributed by atoms with Gasteiger partial charge in [0.05, 0.1) is 18.8 Å². The number of hydrogen-bond donors (Lipinski definition) is 0. The summed E-state index contributed by atoms with van der Waals surface area (Å²) in [7, 11) is 0. The molecule has 0 spiro atoms.